The number of amides is 1. The summed E-state index contributed by atoms with van der Waals surface area (Å²) in [4.78, 5) is 29.6. The highest BCUT2D eigenvalue weighted by molar-refractivity contribution is 6.01. The normalized spacial score (nSPS) is 10.5. The lowest BCUT2D eigenvalue weighted by atomic mass is 10.1. The van der Waals surface area contributed by atoms with Gasteiger partial charge >= 0.3 is 0 Å². The zero-order chi connectivity index (χ0) is 24.8. The van der Waals surface area contributed by atoms with Gasteiger partial charge in [-0.3, -0.25) is 4.79 Å². The first-order valence-electron chi connectivity index (χ1n) is 10.9. The Morgan fingerprint density at radius 3 is 2.40 bits per heavy atom. The Hall–Kier alpha value is -4.60. The van der Waals surface area contributed by atoms with Crippen LogP contribution in [0, 0.1) is 12.7 Å². The molecule has 0 radical (unpaired) electrons. The molecule has 3 N–H and O–H groups in total. The van der Waals surface area contributed by atoms with Gasteiger partial charge in [0, 0.05) is 25.0 Å². The number of benzene rings is 1. The van der Waals surface area contributed by atoms with Crippen molar-refractivity contribution in [2.24, 2.45) is 0 Å². The minimum atomic E-state index is -0.534. The molecule has 0 saturated heterocycles. The summed E-state index contributed by atoms with van der Waals surface area (Å²) in [6.07, 6.45) is 5.42. The minimum Gasteiger partial charge on any atom is -0.494 e. The maximum atomic E-state index is 13.3. The molecule has 0 saturated carbocycles. The highest BCUT2D eigenvalue weighted by Gasteiger charge is 2.18. The van der Waals surface area contributed by atoms with Crippen LogP contribution in [-0.2, 0) is 0 Å². The summed E-state index contributed by atoms with van der Waals surface area (Å²) < 4.78 is 19.0. The molecule has 4 rings (SSSR count). The molecule has 0 bridgehead atoms. The number of hydrogen-bond donors (Lipinski definition) is 3. The molecule has 35 heavy (non-hydrogen) atoms. The number of carbonyl (C=O) groups excluding carboxylic acids is 1. The van der Waals surface area contributed by atoms with E-state index in [2.05, 4.69) is 35.9 Å². The number of para-hydroxylation sites is 1. The number of hydrogen-bond acceptors (Lipinski definition) is 8. The summed E-state index contributed by atoms with van der Waals surface area (Å²) in [7, 11) is 1.51. The Morgan fingerprint density at radius 1 is 0.943 bits per heavy atom. The van der Waals surface area contributed by atoms with E-state index < -0.39 is 5.82 Å². The fourth-order valence-electron chi connectivity index (χ4n) is 3.36. The molecule has 4 aromatic rings. The number of anilines is 4. The van der Waals surface area contributed by atoms with Gasteiger partial charge in [-0.1, -0.05) is 12.1 Å². The van der Waals surface area contributed by atoms with Crippen molar-refractivity contribution in [1.29, 1.82) is 0 Å². The lowest BCUT2D eigenvalue weighted by Gasteiger charge is -2.17. The molecule has 1 amide bonds. The summed E-state index contributed by atoms with van der Waals surface area (Å²) in [6, 6.07) is 10.8. The topological polar surface area (TPSA) is 114 Å². The second-order valence-electron chi connectivity index (χ2n) is 7.56. The number of carbonyl (C=O) groups is 1. The Labute approximate surface area is 201 Å². The van der Waals surface area contributed by atoms with Crippen LogP contribution in [0.2, 0.25) is 0 Å². The van der Waals surface area contributed by atoms with Gasteiger partial charge in [-0.25, -0.2) is 24.3 Å². The van der Waals surface area contributed by atoms with Crippen molar-refractivity contribution in [2.75, 3.05) is 24.3 Å². The average molecular weight is 474 g/mol. The number of ether oxygens (including phenoxy) is 1. The molecule has 9 nitrogen and oxygen atoms in total. The molecule has 0 aliphatic heterocycles. The van der Waals surface area contributed by atoms with Gasteiger partial charge < -0.3 is 20.7 Å². The largest absolute Gasteiger partial charge is 0.494 e. The van der Waals surface area contributed by atoms with Gasteiger partial charge in [-0.2, -0.15) is 0 Å². The van der Waals surface area contributed by atoms with Crippen molar-refractivity contribution < 1.29 is 13.9 Å². The van der Waals surface area contributed by atoms with Gasteiger partial charge in [0.15, 0.2) is 17.4 Å². The molecule has 3 heterocycles. The van der Waals surface area contributed by atoms with Crippen molar-refractivity contribution in [3.8, 4) is 17.1 Å². The third-order valence-corrected chi connectivity index (χ3v) is 5.00. The van der Waals surface area contributed by atoms with E-state index in [0.717, 1.165) is 18.0 Å². The Kier molecular flexibility index (Phi) is 7.10. The zero-order valence-electron chi connectivity index (χ0n) is 19.5. The van der Waals surface area contributed by atoms with E-state index in [1.807, 2.05) is 26.0 Å². The van der Waals surface area contributed by atoms with E-state index >= 15 is 0 Å². The van der Waals surface area contributed by atoms with Crippen molar-refractivity contribution in [1.82, 2.24) is 25.3 Å². The van der Waals surface area contributed by atoms with Gasteiger partial charge in [0.05, 0.1) is 42.0 Å². The standard InChI is InChI=1S/C25H24FN7O2/c1-4-27-25(34)18-14-29-22(33-21-9-8-15(2)11-28-21)10-20(18)32-19-7-5-6-17(23(19)35-3)24-30-12-16(26)13-31-24/h5-14H,4H2,1-3H3,(H,27,34)(H2,28,29,32,33). The maximum Gasteiger partial charge on any atom is 0.254 e. The number of methoxy groups -OCH3 is 1. The van der Waals surface area contributed by atoms with Crippen molar-refractivity contribution in [3.63, 3.8) is 0 Å². The first-order valence-corrected chi connectivity index (χ1v) is 10.9. The molecule has 0 aliphatic carbocycles. The average Bonchev–Trinajstić information content (AvgIpc) is 2.86. The molecule has 3 aromatic heterocycles. The third-order valence-electron chi connectivity index (χ3n) is 5.00. The van der Waals surface area contributed by atoms with E-state index in [0.29, 0.717) is 52.3 Å². The lowest BCUT2D eigenvalue weighted by molar-refractivity contribution is 0.0956. The number of aryl methyl sites for hydroxylation is 1. The molecular formula is C25H24FN7O2. The van der Waals surface area contributed by atoms with Crippen molar-refractivity contribution in [2.45, 2.75) is 13.8 Å². The molecular weight excluding hydrogens is 449 g/mol. The third kappa shape index (κ3) is 5.49. The van der Waals surface area contributed by atoms with Crippen LogP contribution in [0.3, 0.4) is 0 Å². The Morgan fingerprint density at radius 2 is 1.71 bits per heavy atom. The lowest BCUT2D eigenvalue weighted by Crippen LogP contribution is -2.24. The zero-order valence-corrected chi connectivity index (χ0v) is 19.5. The second-order valence-corrected chi connectivity index (χ2v) is 7.56. The number of pyridine rings is 2. The first kappa shape index (κ1) is 23.6. The molecule has 0 spiro atoms. The van der Waals surface area contributed by atoms with Crippen LogP contribution in [0.15, 0.2) is 61.2 Å². The highest BCUT2D eigenvalue weighted by Crippen LogP contribution is 2.37. The van der Waals surface area contributed by atoms with E-state index in [4.69, 9.17) is 4.74 Å². The van der Waals surface area contributed by atoms with Gasteiger partial charge in [0.1, 0.15) is 11.6 Å². The van der Waals surface area contributed by atoms with Gasteiger partial charge in [0.25, 0.3) is 5.91 Å². The van der Waals surface area contributed by atoms with Crippen LogP contribution >= 0.6 is 0 Å². The predicted molar refractivity (Wildman–Crippen MR) is 132 cm³/mol. The quantitative estimate of drug-likeness (QED) is 0.340. The minimum absolute atomic E-state index is 0.278. The van der Waals surface area contributed by atoms with Crippen LogP contribution < -0.4 is 20.7 Å². The Balaban J connectivity index is 1.73. The maximum absolute atomic E-state index is 13.3. The number of halogens is 1. The summed E-state index contributed by atoms with van der Waals surface area (Å²) in [5, 5.41) is 9.21. The molecule has 0 fully saturated rings. The highest BCUT2D eigenvalue weighted by atomic mass is 19.1. The summed E-state index contributed by atoms with van der Waals surface area (Å²) in [5.74, 6) is 1.04. The smallest absolute Gasteiger partial charge is 0.254 e. The molecule has 0 aliphatic rings. The van der Waals surface area contributed by atoms with Crippen LogP contribution in [0.5, 0.6) is 5.75 Å². The predicted octanol–water partition coefficient (Wildman–Crippen LogP) is 4.63. The molecule has 0 atom stereocenters. The molecule has 0 unspecified atom stereocenters. The van der Waals surface area contributed by atoms with E-state index in [9.17, 15) is 9.18 Å². The van der Waals surface area contributed by atoms with E-state index in [-0.39, 0.29) is 5.91 Å². The molecule has 1 aromatic carbocycles. The number of rotatable bonds is 8. The second kappa shape index (κ2) is 10.6. The number of nitrogens with zero attached hydrogens (tertiary/aromatic N) is 4. The Bertz CT molecular complexity index is 1330. The summed E-state index contributed by atoms with van der Waals surface area (Å²) in [5.41, 5.74) is 3.01. The molecule has 10 heteroatoms. The van der Waals surface area contributed by atoms with Crippen molar-refractivity contribution in [3.05, 3.63) is 78.1 Å². The van der Waals surface area contributed by atoms with Crippen LogP contribution in [0.4, 0.5) is 27.4 Å². The van der Waals surface area contributed by atoms with Crippen molar-refractivity contribution >= 4 is 28.9 Å². The summed E-state index contributed by atoms with van der Waals surface area (Å²) in [6.45, 7) is 4.26. The SMILES string of the molecule is CCNC(=O)c1cnc(Nc2ccc(C)cn2)cc1Nc1cccc(-c2ncc(F)cn2)c1OC. The number of aromatic nitrogens is 4. The van der Waals surface area contributed by atoms with E-state index in [1.165, 1.54) is 13.3 Å². The van der Waals surface area contributed by atoms with Crippen LogP contribution in [-0.4, -0.2) is 39.5 Å². The molecule has 178 valence electrons. The number of nitrogens with one attached hydrogen (secondary N) is 3. The van der Waals surface area contributed by atoms with Gasteiger partial charge in [0.2, 0.25) is 0 Å². The first-order chi connectivity index (χ1) is 17.0. The van der Waals surface area contributed by atoms with E-state index in [1.54, 1.807) is 30.5 Å². The van der Waals surface area contributed by atoms with Crippen LogP contribution in [0.25, 0.3) is 11.4 Å². The van der Waals surface area contributed by atoms with Gasteiger partial charge in [-0.15, -0.1) is 0 Å². The fraction of sp³-hybridized carbons (Fsp3) is 0.160. The summed E-state index contributed by atoms with van der Waals surface area (Å²) >= 11 is 0. The van der Waals surface area contributed by atoms with Crippen LogP contribution in [0.1, 0.15) is 22.8 Å². The fourth-order valence-corrected chi connectivity index (χ4v) is 3.36. The monoisotopic (exact) mass is 473 g/mol. The van der Waals surface area contributed by atoms with Gasteiger partial charge in [-0.05, 0) is 37.6 Å².